The Morgan fingerprint density at radius 1 is 1.07 bits per heavy atom. The standard InChI is InChI=1S/C23H25ClN4O/c1-2-20(17-6-4-3-5-7-17)23(29)28-14-12-27(13-15-28)22-16-21(25-26-22)18-8-10-19(24)11-9-18/h3-11,16,20H,2,12-15H2,1H3,(H,25,26). The molecule has 0 saturated carbocycles. The molecule has 1 N–H and O–H groups in total. The highest BCUT2D eigenvalue weighted by atomic mass is 35.5. The van der Waals surface area contributed by atoms with Crippen molar-refractivity contribution in [1.29, 1.82) is 0 Å². The van der Waals surface area contributed by atoms with E-state index >= 15 is 0 Å². The summed E-state index contributed by atoms with van der Waals surface area (Å²) in [6.07, 6.45) is 0.812. The van der Waals surface area contributed by atoms with Crippen molar-refractivity contribution in [3.05, 3.63) is 71.2 Å². The molecular weight excluding hydrogens is 384 g/mol. The Hall–Kier alpha value is -2.79. The molecule has 3 aromatic rings. The highest BCUT2D eigenvalue weighted by Crippen LogP contribution is 2.26. The molecule has 0 bridgehead atoms. The van der Waals surface area contributed by atoms with E-state index in [4.69, 9.17) is 11.6 Å². The van der Waals surface area contributed by atoms with E-state index in [1.54, 1.807) is 0 Å². The number of hydrogen-bond donors (Lipinski definition) is 1. The smallest absolute Gasteiger partial charge is 0.230 e. The van der Waals surface area contributed by atoms with Gasteiger partial charge in [-0.15, -0.1) is 0 Å². The molecule has 29 heavy (non-hydrogen) atoms. The Bertz CT molecular complexity index is 947. The van der Waals surface area contributed by atoms with E-state index in [9.17, 15) is 4.79 Å². The Labute approximate surface area is 176 Å². The normalized spacial score (nSPS) is 15.4. The fourth-order valence-electron chi connectivity index (χ4n) is 3.87. The first kappa shape index (κ1) is 19.5. The second kappa shape index (κ2) is 8.70. The fourth-order valence-corrected chi connectivity index (χ4v) is 3.99. The molecule has 6 heteroatoms. The number of benzene rings is 2. The lowest BCUT2D eigenvalue weighted by Gasteiger charge is -2.36. The van der Waals surface area contributed by atoms with Crippen LogP contribution in [0.5, 0.6) is 0 Å². The van der Waals surface area contributed by atoms with E-state index in [2.05, 4.69) is 28.1 Å². The van der Waals surface area contributed by atoms with Gasteiger partial charge < -0.3 is 9.80 Å². The maximum absolute atomic E-state index is 13.1. The van der Waals surface area contributed by atoms with Crippen LogP contribution in [-0.4, -0.2) is 47.2 Å². The van der Waals surface area contributed by atoms with E-state index in [1.807, 2.05) is 59.5 Å². The van der Waals surface area contributed by atoms with Crippen molar-refractivity contribution in [3.63, 3.8) is 0 Å². The molecular formula is C23H25ClN4O. The summed E-state index contributed by atoms with van der Waals surface area (Å²) < 4.78 is 0. The number of carbonyl (C=O) groups excluding carboxylic acids is 1. The second-order valence-corrected chi connectivity index (χ2v) is 7.77. The third-order valence-electron chi connectivity index (χ3n) is 5.54. The SMILES string of the molecule is CCC(C(=O)N1CCN(c2cc(-c3ccc(Cl)cc3)[nH]n2)CC1)c1ccccc1. The molecule has 1 saturated heterocycles. The third kappa shape index (κ3) is 4.30. The van der Waals surface area contributed by atoms with Gasteiger partial charge >= 0.3 is 0 Å². The molecule has 2 aromatic carbocycles. The minimum absolute atomic E-state index is 0.0651. The van der Waals surface area contributed by atoms with Crippen LogP contribution in [0.15, 0.2) is 60.7 Å². The van der Waals surface area contributed by atoms with Gasteiger partial charge in [-0.2, -0.15) is 5.10 Å². The van der Waals surface area contributed by atoms with Gasteiger partial charge in [0.05, 0.1) is 11.6 Å². The average Bonchev–Trinajstić information content (AvgIpc) is 3.26. The minimum atomic E-state index is -0.0651. The molecule has 1 amide bonds. The van der Waals surface area contributed by atoms with Crippen LogP contribution >= 0.6 is 11.6 Å². The molecule has 4 rings (SSSR count). The third-order valence-corrected chi connectivity index (χ3v) is 5.80. The number of carbonyl (C=O) groups is 1. The number of H-pyrrole nitrogens is 1. The molecule has 1 atom stereocenters. The number of nitrogens with zero attached hydrogens (tertiary/aromatic N) is 3. The molecule has 5 nitrogen and oxygen atoms in total. The lowest BCUT2D eigenvalue weighted by molar-refractivity contribution is -0.133. The average molecular weight is 409 g/mol. The first-order chi connectivity index (χ1) is 14.2. The zero-order chi connectivity index (χ0) is 20.2. The molecule has 0 radical (unpaired) electrons. The molecule has 1 fully saturated rings. The van der Waals surface area contributed by atoms with Crippen molar-refractivity contribution in [1.82, 2.24) is 15.1 Å². The van der Waals surface area contributed by atoms with E-state index in [0.29, 0.717) is 13.1 Å². The van der Waals surface area contributed by atoms with Gasteiger partial charge in [-0.1, -0.05) is 61.0 Å². The summed E-state index contributed by atoms with van der Waals surface area (Å²) >= 11 is 5.97. The number of piperazine rings is 1. The summed E-state index contributed by atoms with van der Waals surface area (Å²) in [7, 11) is 0. The van der Waals surface area contributed by atoms with E-state index in [1.165, 1.54) is 0 Å². The van der Waals surface area contributed by atoms with Crippen LogP contribution in [0, 0.1) is 0 Å². The van der Waals surface area contributed by atoms with Gasteiger partial charge in [-0.25, -0.2) is 0 Å². The zero-order valence-corrected chi connectivity index (χ0v) is 17.3. The van der Waals surface area contributed by atoms with Gasteiger partial charge in [0.1, 0.15) is 0 Å². The number of rotatable bonds is 5. The highest BCUT2D eigenvalue weighted by molar-refractivity contribution is 6.30. The molecule has 0 spiro atoms. The van der Waals surface area contributed by atoms with Crippen LogP contribution in [-0.2, 0) is 4.79 Å². The van der Waals surface area contributed by atoms with Crippen LogP contribution < -0.4 is 4.90 Å². The predicted molar refractivity (Wildman–Crippen MR) is 117 cm³/mol. The highest BCUT2D eigenvalue weighted by Gasteiger charge is 2.28. The Morgan fingerprint density at radius 2 is 1.76 bits per heavy atom. The number of amides is 1. The Morgan fingerprint density at radius 3 is 2.41 bits per heavy atom. The molecule has 1 unspecified atom stereocenters. The summed E-state index contributed by atoms with van der Waals surface area (Å²) in [5.41, 5.74) is 3.11. The lowest BCUT2D eigenvalue weighted by atomic mass is 9.95. The number of nitrogens with one attached hydrogen (secondary N) is 1. The van der Waals surface area contributed by atoms with Crippen LogP contribution in [0.2, 0.25) is 5.02 Å². The molecule has 2 heterocycles. The number of aromatic nitrogens is 2. The molecule has 1 aliphatic rings. The number of hydrogen-bond acceptors (Lipinski definition) is 3. The summed E-state index contributed by atoms with van der Waals surface area (Å²) in [5.74, 6) is 1.07. The van der Waals surface area contributed by atoms with Gasteiger partial charge in [0.2, 0.25) is 5.91 Å². The van der Waals surface area contributed by atoms with Gasteiger partial charge in [-0.3, -0.25) is 9.89 Å². The van der Waals surface area contributed by atoms with Gasteiger partial charge in [0.25, 0.3) is 0 Å². The van der Waals surface area contributed by atoms with E-state index < -0.39 is 0 Å². The zero-order valence-electron chi connectivity index (χ0n) is 16.5. The number of anilines is 1. The van der Waals surface area contributed by atoms with Gasteiger partial charge in [0, 0.05) is 37.3 Å². The van der Waals surface area contributed by atoms with Crippen molar-refractivity contribution in [2.75, 3.05) is 31.1 Å². The van der Waals surface area contributed by atoms with Crippen LogP contribution in [0.4, 0.5) is 5.82 Å². The first-order valence-electron chi connectivity index (χ1n) is 10.1. The number of aromatic amines is 1. The fraction of sp³-hybridized carbons (Fsp3) is 0.304. The van der Waals surface area contributed by atoms with Gasteiger partial charge in [-0.05, 0) is 29.7 Å². The molecule has 150 valence electrons. The van der Waals surface area contributed by atoms with Crippen LogP contribution in [0.1, 0.15) is 24.8 Å². The maximum Gasteiger partial charge on any atom is 0.230 e. The molecule has 0 aliphatic carbocycles. The van der Waals surface area contributed by atoms with Crippen LogP contribution in [0.25, 0.3) is 11.3 Å². The second-order valence-electron chi connectivity index (χ2n) is 7.33. The monoisotopic (exact) mass is 408 g/mol. The summed E-state index contributed by atoms with van der Waals surface area (Å²) in [4.78, 5) is 17.3. The molecule has 1 aliphatic heterocycles. The largest absolute Gasteiger partial charge is 0.352 e. The van der Waals surface area contributed by atoms with E-state index in [-0.39, 0.29) is 11.8 Å². The van der Waals surface area contributed by atoms with Crippen molar-refractivity contribution < 1.29 is 4.79 Å². The molecule has 1 aromatic heterocycles. The topological polar surface area (TPSA) is 52.2 Å². The van der Waals surface area contributed by atoms with Crippen molar-refractivity contribution in [2.24, 2.45) is 0 Å². The summed E-state index contributed by atoms with van der Waals surface area (Å²) in [6, 6.07) is 19.8. The summed E-state index contributed by atoms with van der Waals surface area (Å²) in [6.45, 7) is 5.06. The predicted octanol–water partition coefficient (Wildman–Crippen LogP) is 4.57. The van der Waals surface area contributed by atoms with E-state index in [0.717, 1.165) is 47.2 Å². The lowest BCUT2D eigenvalue weighted by Crippen LogP contribution is -2.50. The van der Waals surface area contributed by atoms with Crippen molar-refractivity contribution >= 4 is 23.3 Å². The Balaban J connectivity index is 1.39. The minimum Gasteiger partial charge on any atom is -0.352 e. The maximum atomic E-state index is 13.1. The summed E-state index contributed by atoms with van der Waals surface area (Å²) in [5, 5.41) is 8.30. The van der Waals surface area contributed by atoms with Gasteiger partial charge in [0.15, 0.2) is 5.82 Å². The quantitative estimate of drug-likeness (QED) is 0.672. The number of halogens is 1. The van der Waals surface area contributed by atoms with Crippen molar-refractivity contribution in [3.8, 4) is 11.3 Å². The first-order valence-corrected chi connectivity index (χ1v) is 10.4. The van der Waals surface area contributed by atoms with Crippen LogP contribution in [0.3, 0.4) is 0 Å². The van der Waals surface area contributed by atoms with Crippen molar-refractivity contribution in [2.45, 2.75) is 19.3 Å². The Kier molecular flexibility index (Phi) is 5.86.